The van der Waals surface area contributed by atoms with E-state index in [4.69, 9.17) is 9.47 Å². The molecule has 4 heteroatoms. The standard InChI is InChI=1S/C22H28O4/c1-2-3-4-5-6-7-8-9-12-16-21(24)17(23)15-20-22(16)26-19-14-11-10-13-18(19)25-20/h10-11,13-15,23-24H,2-9,12H2,1H3. The molecular weight excluding hydrogens is 328 g/mol. The van der Waals surface area contributed by atoms with Crippen molar-refractivity contribution in [3.63, 3.8) is 0 Å². The summed E-state index contributed by atoms with van der Waals surface area (Å²) in [4.78, 5) is 0. The average molecular weight is 356 g/mol. The van der Waals surface area contributed by atoms with Crippen molar-refractivity contribution in [3.8, 4) is 34.5 Å². The maximum absolute atomic E-state index is 10.3. The number of benzene rings is 2. The van der Waals surface area contributed by atoms with Crippen molar-refractivity contribution in [1.82, 2.24) is 0 Å². The van der Waals surface area contributed by atoms with Crippen LogP contribution >= 0.6 is 0 Å². The van der Waals surface area contributed by atoms with Crippen LogP contribution in [0, 0.1) is 0 Å². The normalized spacial score (nSPS) is 12.0. The highest BCUT2D eigenvalue weighted by Gasteiger charge is 2.25. The van der Waals surface area contributed by atoms with Gasteiger partial charge >= 0.3 is 0 Å². The molecule has 0 aromatic heterocycles. The van der Waals surface area contributed by atoms with E-state index in [0.29, 0.717) is 35.0 Å². The first kappa shape index (κ1) is 18.4. The number of ether oxygens (including phenoxy) is 2. The lowest BCUT2D eigenvalue weighted by atomic mass is 10.0. The van der Waals surface area contributed by atoms with Crippen LogP contribution in [0.5, 0.6) is 34.5 Å². The van der Waals surface area contributed by atoms with Crippen molar-refractivity contribution in [3.05, 3.63) is 35.9 Å². The van der Waals surface area contributed by atoms with Gasteiger partial charge in [0.1, 0.15) is 0 Å². The highest BCUT2D eigenvalue weighted by atomic mass is 16.6. The lowest BCUT2D eigenvalue weighted by Crippen LogP contribution is -2.02. The van der Waals surface area contributed by atoms with E-state index in [1.807, 2.05) is 24.3 Å². The second-order valence-corrected chi connectivity index (χ2v) is 6.93. The first-order valence-electron chi connectivity index (χ1n) is 9.73. The maximum Gasteiger partial charge on any atom is 0.177 e. The number of hydrogen-bond acceptors (Lipinski definition) is 4. The number of phenols is 2. The molecule has 0 bridgehead atoms. The predicted octanol–water partition coefficient (Wildman–Crippen LogP) is 6.68. The Morgan fingerprint density at radius 2 is 1.38 bits per heavy atom. The van der Waals surface area contributed by atoms with E-state index in [-0.39, 0.29) is 11.5 Å². The van der Waals surface area contributed by atoms with Gasteiger partial charge in [0.2, 0.25) is 0 Å². The molecule has 1 aliphatic heterocycles. The molecule has 3 rings (SSSR count). The van der Waals surface area contributed by atoms with E-state index in [1.54, 1.807) is 0 Å². The minimum Gasteiger partial charge on any atom is -0.504 e. The molecule has 0 amide bonds. The van der Waals surface area contributed by atoms with E-state index in [1.165, 1.54) is 44.6 Å². The summed E-state index contributed by atoms with van der Waals surface area (Å²) in [5.41, 5.74) is 0.625. The molecule has 1 aliphatic rings. The van der Waals surface area contributed by atoms with Gasteiger partial charge in [0, 0.05) is 11.6 Å². The molecule has 0 radical (unpaired) electrons. The van der Waals surface area contributed by atoms with E-state index < -0.39 is 0 Å². The van der Waals surface area contributed by atoms with Crippen LogP contribution in [0.1, 0.15) is 63.9 Å². The zero-order valence-electron chi connectivity index (χ0n) is 15.5. The molecular formula is C22H28O4. The Labute approximate surface area is 155 Å². The largest absolute Gasteiger partial charge is 0.504 e. The molecule has 0 atom stereocenters. The van der Waals surface area contributed by atoms with Gasteiger partial charge in [0.15, 0.2) is 34.5 Å². The molecule has 4 nitrogen and oxygen atoms in total. The van der Waals surface area contributed by atoms with E-state index in [9.17, 15) is 10.2 Å². The second-order valence-electron chi connectivity index (χ2n) is 6.93. The Morgan fingerprint density at radius 3 is 2.08 bits per heavy atom. The fourth-order valence-electron chi connectivity index (χ4n) is 3.37. The van der Waals surface area contributed by atoms with Gasteiger partial charge in [-0.05, 0) is 25.0 Å². The predicted molar refractivity (Wildman–Crippen MR) is 103 cm³/mol. The minimum absolute atomic E-state index is 0.102. The number of phenolic OH excluding ortho intramolecular Hbond substituents is 2. The van der Waals surface area contributed by atoms with Crippen LogP contribution in [-0.2, 0) is 6.42 Å². The number of unbranched alkanes of at least 4 members (excludes halogenated alkanes) is 7. The van der Waals surface area contributed by atoms with Crippen LogP contribution in [0.3, 0.4) is 0 Å². The Hall–Kier alpha value is -2.36. The number of aromatic hydroxyl groups is 2. The summed E-state index contributed by atoms with van der Waals surface area (Å²) in [6, 6.07) is 8.82. The van der Waals surface area contributed by atoms with Crippen LogP contribution in [0.25, 0.3) is 0 Å². The van der Waals surface area contributed by atoms with Crippen LogP contribution in [-0.4, -0.2) is 10.2 Å². The molecule has 2 N–H and O–H groups in total. The summed E-state index contributed by atoms with van der Waals surface area (Å²) in [7, 11) is 0. The Bertz CT molecular complexity index is 739. The Morgan fingerprint density at radius 1 is 0.769 bits per heavy atom. The fraction of sp³-hybridized carbons (Fsp3) is 0.455. The topological polar surface area (TPSA) is 58.9 Å². The number of para-hydroxylation sites is 2. The van der Waals surface area contributed by atoms with Crippen molar-refractivity contribution in [2.75, 3.05) is 0 Å². The molecule has 0 saturated heterocycles. The number of hydrogen-bond donors (Lipinski definition) is 2. The second kappa shape index (κ2) is 8.84. The zero-order chi connectivity index (χ0) is 18.4. The minimum atomic E-state index is -0.165. The SMILES string of the molecule is CCCCCCCCCCc1c(O)c(O)cc2c1Oc1ccccc1O2. The molecule has 140 valence electrons. The van der Waals surface area contributed by atoms with Gasteiger partial charge in [0.05, 0.1) is 0 Å². The van der Waals surface area contributed by atoms with Crippen molar-refractivity contribution in [1.29, 1.82) is 0 Å². The van der Waals surface area contributed by atoms with Crippen molar-refractivity contribution in [2.45, 2.75) is 64.7 Å². The molecule has 0 saturated carbocycles. The average Bonchev–Trinajstić information content (AvgIpc) is 2.65. The van der Waals surface area contributed by atoms with Gasteiger partial charge < -0.3 is 19.7 Å². The summed E-state index contributed by atoms with van der Waals surface area (Å²) in [5, 5.41) is 20.4. The molecule has 0 spiro atoms. The third-order valence-electron chi connectivity index (χ3n) is 4.86. The number of rotatable bonds is 9. The monoisotopic (exact) mass is 356 g/mol. The van der Waals surface area contributed by atoms with Gasteiger partial charge in [-0.15, -0.1) is 0 Å². The molecule has 0 aliphatic carbocycles. The highest BCUT2D eigenvalue weighted by Crippen LogP contribution is 2.52. The molecule has 0 unspecified atom stereocenters. The smallest absolute Gasteiger partial charge is 0.177 e. The summed E-state index contributed by atoms with van der Waals surface area (Å²) < 4.78 is 11.8. The molecule has 2 aromatic rings. The zero-order valence-corrected chi connectivity index (χ0v) is 15.5. The maximum atomic E-state index is 10.3. The quantitative estimate of drug-likeness (QED) is 0.332. The van der Waals surface area contributed by atoms with Crippen molar-refractivity contribution < 1.29 is 19.7 Å². The fourth-order valence-corrected chi connectivity index (χ4v) is 3.37. The molecule has 26 heavy (non-hydrogen) atoms. The first-order chi connectivity index (χ1) is 12.7. The van der Waals surface area contributed by atoms with Crippen LogP contribution in [0.4, 0.5) is 0 Å². The Balaban J connectivity index is 1.62. The van der Waals surface area contributed by atoms with Crippen molar-refractivity contribution in [2.24, 2.45) is 0 Å². The highest BCUT2D eigenvalue weighted by molar-refractivity contribution is 5.64. The van der Waals surface area contributed by atoms with Gasteiger partial charge in [-0.1, -0.05) is 64.0 Å². The summed E-state index contributed by atoms with van der Waals surface area (Å²) in [6.07, 6.45) is 10.4. The van der Waals surface area contributed by atoms with Gasteiger partial charge in [-0.3, -0.25) is 0 Å². The van der Waals surface area contributed by atoms with E-state index in [0.717, 1.165) is 12.8 Å². The van der Waals surface area contributed by atoms with Gasteiger partial charge in [-0.2, -0.15) is 0 Å². The lowest BCUT2D eigenvalue weighted by Gasteiger charge is -2.23. The first-order valence-corrected chi connectivity index (χ1v) is 9.73. The van der Waals surface area contributed by atoms with E-state index in [2.05, 4.69) is 6.92 Å². The molecule has 0 fully saturated rings. The van der Waals surface area contributed by atoms with Crippen LogP contribution in [0.15, 0.2) is 30.3 Å². The van der Waals surface area contributed by atoms with E-state index >= 15 is 0 Å². The van der Waals surface area contributed by atoms with Gasteiger partial charge in [0.25, 0.3) is 0 Å². The van der Waals surface area contributed by atoms with Crippen molar-refractivity contribution >= 4 is 0 Å². The number of fused-ring (bicyclic) bond motifs is 2. The third-order valence-corrected chi connectivity index (χ3v) is 4.86. The van der Waals surface area contributed by atoms with Crippen LogP contribution < -0.4 is 9.47 Å². The molecule has 2 aromatic carbocycles. The third kappa shape index (κ3) is 4.24. The summed E-state index contributed by atoms with van der Waals surface area (Å²) in [5.74, 6) is 1.94. The molecule has 1 heterocycles. The van der Waals surface area contributed by atoms with Crippen LogP contribution in [0.2, 0.25) is 0 Å². The van der Waals surface area contributed by atoms with Gasteiger partial charge in [-0.25, -0.2) is 0 Å². The summed E-state index contributed by atoms with van der Waals surface area (Å²) in [6.45, 7) is 2.23. The lowest BCUT2D eigenvalue weighted by molar-refractivity contribution is 0.340. The summed E-state index contributed by atoms with van der Waals surface area (Å²) >= 11 is 0. The Kier molecular flexibility index (Phi) is 6.26.